The third-order valence-electron chi connectivity index (χ3n) is 2.69. The minimum absolute atomic E-state index is 0.0228. The Morgan fingerprint density at radius 3 is 2.84 bits per heavy atom. The molecule has 2 amide bonds. The fourth-order valence-electron chi connectivity index (χ4n) is 1.57. The first-order valence-corrected chi connectivity index (χ1v) is 6.80. The van der Waals surface area contributed by atoms with Gasteiger partial charge in [0, 0.05) is 23.8 Å². The van der Waals surface area contributed by atoms with Crippen molar-refractivity contribution in [2.75, 3.05) is 18.9 Å². The second-order valence-corrected chi connectivity index (χ2v) is 5.24. The number of pyridine rings is 1. The first kappa shape index (κ1) is 13.8. The van der Waals surface area contributed by atoms with Crippen molar-refractivity contribution in [3.63, 3.8) is 0 Å². The Morgan fingerprint density at radius 2 is 2.21 bits per heavy atom. The first-order chi connectivity index (χ1) is 9.10. The molecule has 0 aromatic carbocycles. The van der Waals surface area contributed by atoms with E-state index in [2.05, 4.69) is 36.9 Å². The maximum absolute atomic E-state index is 12.0. The molecule has 102 valence electrons. The molecule has 0 radical (unpaired) electrons. The highest BCUT2D eigenvalue weighted by molar-refractivity contribution is 9.10. The van der Waals surface area contributed by atoms with Crippen LogP contribution in [0.15, 0.2) is 16.7 Å². The Morgan fingerprint density at radius 1 is 1.47 bits per heavy atom. The van der Waals surface area contributed by atoms with Crippen molar-refractivity contribution in [2.45, 2.75) is 18.9 Å². The molecule has 0 saturated heterocycles. The zero-order valence-corrected chi connectivity index (χ0v) is 12.1. The monoisotopic (exact) mass is 326 g/mol. The van der Waals surface area contributed by atoms with Crippen LogP contribution in [0.5, 0.6) is 0 Å². The van der Waals surface area contributed by atoms with E-state index in [1.165, 1.54) is 0 Å². The molecule has 2 rings (SSSR count). The number of hydrogen-bond donors (Lipinski definition) is 3. The van der Waals surface area contributed by atoms with E-state index in [1.807, 2.05) is 0 Å². The lowest BCUT2D eigenvalue weighted by Gasteiger charge is -2.09. The summed E-state index contributed by atoms with van der Waals surface area (Å²) in [6, 6.07) is 1.96. The van der Waals surface area contributed by atoms with Gasteiger partial charge >= 0.3 is 0 Å². The highest BCUT2D eigenvalue weighted by atomic mass is 79.9. The average molecular weight is 327 g/mol. The van der Waals surface area contributed by atoms with Gasteiger partial charge in [-0.1, -0.05) is 0 Å². The van der Waals surface area contributed by atoms with Gasteiger partial charge in [0.15, 0.2) is 0 Å². The van der Waals surface area contributed by atoms with E-state index in [4.69, 9.17) is 0 Å². The van der Waals surface area contributed by atoms with Crippen LogP contribution in [-0.2, 0) is 4.79 Å². The number of rotatable bonds is 5. The van der Waals surface area contributed by atoms with E-state index in [1.54, 1.807) is 19.3 Å². The van der Waals surface area contributed by atoms with Gasteiger partial charge in [-0.05, 0) is 34.8 Å². The number of nitrogens with zero attached hydrogens (tertiary/aromatic N) is 1. The van der Waals surface area contributed by atoms with Crippen LogP contribution in [0.3, 0.4) is 0 Å². The minimum Gasteiger partial charge on any atom is -0.372 e. The van der Waals surface area contributed by atoms with Crippen LogP contribution in [0, 0.1) is 0 Å². The zero-order valence-electron chi connectivity index (χ0n) is 10.5. The van der Waals surface area contributed by atoms with Crippen LogP contribution < -0.4 is 16.0 Å². The fourth-order valence-corrected chi connectivity index (χ4v) is 1.91. The molecule has 0 atom stereocenters. The summed E-state index contributed by atoms with van der Waals surface area (Å²) in [5, 5.41) is 8.23. The summed E-state index contributed by atoms with van der Waals surface area (Å²) >= 11 is 3.27. The van der Waals surface area contributed by atoms with Gasteiger partial charge in [0.1, 0.15) is 5.82 Å². The summed E-state index contributed by atoms with van der Waals surface area (Å²) in [6.07, 6.45) is 3.65. The summed E-state index contributed by atoms with van der Waals surface area (Å²) < 4.78 is 0.707. The number of carbonyl (C=O) groups excluding carboxylic acids is 2. The Kier molecular flexibility index (Phi) is 4.36. The van der Waals surface area contributed by atoms with Crippen molar-refractivity contribution in [2.24, 2.45) is 0 Å². The molecule has 0 bridgehead atoms. The van der Waals surface area contributed by atoms with Gasteiger partial charge in [0.2, 0.25) is 5.91 Å². The summed E-state index contributed by atoms with van der Waals surface area (Å²) in [6.45, 7) is -0.0228. The van der Waals surface area contributed by atoms with Gasteiger partial charge in [-0.25, -0.2) is 4.98 Å². The van der Waals surface area contributed by atoms with Crippen molar-refractivity contribution in [1.82, 2.24) is 15.6 Å². The molecule has 0 unspecified atom stereocenters. The van der Waals surface area contributed by atoms with Gasteiger partial charge in [0.25, 0.3) is 5.91 Å². The smallest absolute Gasteiger partial charge is 0.255 e. The van der Waals surface area contributed by atoms with Crippen LogP contribution in [0.4, 0.5) is 5.82 Å². The molecule has 3 N–H and O–H groups in total. The Hall–Kier alpha value is -1.63. The number of halogens is 1. The normalized spacial score (nSPS) is 13.8. The third-order valence-corrected chi connectivity index (χ3v) is 3.12. The highest BCUT2D eigenvalue weighted by Crippen LogP contribution is 2.18. The van der Waals surface area contributed by atoms with Crippen LogP contribution in [0.1, 0.15) is 23.2 Å². The predicted octanol–water partition coefficient (Wildman–Crippen LogP) is 0.894. The van der Waals surface area contributed by atoms with Gasteiger partial charge in [-0.2, -0.15) is 0 Å². The molecule has 1 aliphatic carbocycles. The van der Waals surface area contributed by atoms with E-state index >= 15 is 0 Å². The highest BCUT2D eigenvalue weighted by Gasteiger charge is 2.23. The number of carbonyl (C=O) groups is 2. The molecule has 0 spiro atoms. The van der Waals surface area contributed by atoms with Crippen molar-refractivity contribution in [3.05, 3.63) is 22.3 Å². The SMILES string of the molecule is CNc1ncc(Br)cc1C(=O)NCC(=O)NC1CC1. The van der Waals surface area contributed by atoms with Crippen molar-refractivity contribution in [1.29, 1.82) is 0 Å². The lowest BCUT2D eigenvalue weighted by atomic mass is 10.2. The van der Waals surface area contributed by atoms with Crippen LogP contribution in [0.2, 0.25) is 0 Å². The van der Waals surface area contributed by atoms with Crippen LogP contribution in [-0.4, -0.2) is 36.4 Å². The van der Waals surface area contributed by atoms with Crippen molar-refractivity contribution in [3.8, 4) is 0 Å². The number of nitrogens with one attached hydrogen (secondary N) is 3. The summed E-state index contributed by atoms with van der Waals surface area (Å²) in [4.78, 5) is 27.6. The van der Waals surface area contributed by atoms with E-state index < -0.39 is 0 Å². The maximum Gasteiger partial charge on any atom is 0.255 e. The lowest BCUT2D eigenvalue weighted by Crippen LogP contribution is -2.38. The molecule has 1 aromatic rings. The number of amides is 2. The van der Waals surface area contributed by atoms with Crippen molar-refractivity contribution >= 4 is 33.6 Å². The largest absolute Gasteiger partial charge is 0.372 e. The van der Waals surface area contributed by atoms with E-state index in [9.17, 15) is 9.59 Å². The second kappa shape index (κ2) is 6.01. The molecule has 1 aliphatic rings. The maximum atomic E-state index is 12.0. The Bertz CT molecular complexity index is 503. The topological polar surface area (TPSA) is 83.1 Å². The van der Waals surface area contributed by atoms with Crippen LogP contribution in [0.25, 0.3) is 0 Å². The molecular weight excluding hydrogens is 312 g/mol. The zero-order chi connectivity index (χ0) is 13.8. The third kappa shape index (κ3) is 3.92. The molecule has 1 fully saturated rings. The van der Waals surface area contributed by atoms with E-state index in [-0.39, 0.29) is 18.4 Å². The second-order valence-electron chi connectivity index (χ2n) is 4.32. The molecule has 6 nitrogen and oxygen atoms in total. The van der Waals surface area contributed by atoms with E-state index in [0.717, 1.165) is 12.8 Å². The van der Waals surface area contributed by atoms with E-state index in [0.29, 0.717) is 21.9 Å². The van der Waals surface area contributed by atoms with Gasteiger partial charge in [-0.15, -0.1) is 0 Å². The standard InChI is InChI=1S/C12H15BrN4O2/c1-14-11-9(4-7(13)5-15-11)12(19)16-6-10(18)17-8-2-3-8/h4-5,8H,2-3,6H2,1H3,(H,14,15)(H,16,19)(H,17,18). The van der Waals surface area contributed by atoms with Gasteiger partial charge in [-0.3, -0.25) is 9.59 Å². The summed E-state index contributed by atoms with van der Waals surface area (Å²) in [7, 11) is 1.69. The minimum atomic E-state index is -0.330. The molecule has 0 aliphatic heterocycles. The molecule has 19 heavy (non-hydrogen) atoms. The van der Waals surface area contributed by atoms with Gasteiger partial charge in [0.05, 0.1) is 12.1 Å². The number of anilines is 1. The molecular formula is C12H15BrN4O2. The first-order valence-electron chi connectivity index (χ1n) is 6.01. The van der Waals surface area contributed by atoms with Crippen molar-refractivity contribution < 1.29 is 9.59 Å². The Balaban J connectivity index is 1.94. The molecule has 1 aromatic heterocycles. The molecule has 1 heterocycles. The number of aromatic nitrogens is 1. The quantitative estimate of drug-likeness (QED) is 0.750. The summed E-state index contributed by atoms with van der Waals surface area (Å²) in [5.74, 6) is -0.0165. The Labute approximate surface area is 119 Å². The molecule has 1 saturated carbocycles. The number of hydrogen-bond acceptors (Lipinski definition) is 4. The van der Waals surface area contributed by atoms with Gasteiger partial charge < -0.3 is 16.0 Å². The molecule has 7 heteroatoms. The van der Waals surface area contributed by atoms with Crippen LogP contribution >= 0.6 is 15.9 Å². The summed E-state index contributed by atoms with van der Waals surface area (Å²) in [5.41, 5.74) is 0.399. The lowest BCUT2D eigenvalue weighted by molar-refractivity contribution is -0.120. The fraction of sp³-hybridized carbons (Fsp3) is 0.417. The average Bonchev–Trinajstić information content (AvgIpc) is 3.19. The predicted molar refractivity (Wildman–Crippen MR) is 75.0 cm³/mol.